The molecule has 1 N–H and O–H groups in total. The van der Waals surface area contributed by atoms with Gasteiger partial charge in [0, 0.05) is 36.4 Å². The van der Waals surface area contributed by atoms with E-state index in [-0.39, 0.29) is 0 Å². The van der Waals surface area contributed by atoms with Gasteiger partial charge in [0.25, 0.3) is 0 Å². The fourth-order valence-corrected chi connectivity index (χ4v) is 3.19. The van der Waals surface area contributed by atoms with E-state index in [2.05, 4.69) is 48.3 Å². The minimum atomic E-state index is 0.617. The zero-order valence-electron chi connectivity index (χ0n) is 12.8. The van der Waals surface area contributed by atoms with Gasteiger partial charge in [-0.2, -0.15) is 0 Å². The number of anilines is 1. The standard InChI is InChI=1S/C16H26ClN3/c1-4-18-11-13-10-14(17)7-8-16(13)20-9-5-6-15(20)12-19(2)3/h7-8,10,15,18H,4-6,9,11-12H2,1-3H3. The molecule has 20 heavy (non-hydrogen) atoms. The maximum Gasteiger partial charge on any atom is 0.0417 e. The first-order valence-electron chi connectivity index (χ1n) is 7.52. The van der Waals surface area contributed by atoms with E-state index in [1.165, 1.54) is 24.1 Å². The summed E-state index contributed by atoms with van der Waals surface area (Å²) in [6.45, 7) is 6.27. The molecule has 3 nitrogen and oxygen atoms in total. The van der Waals surface area contributed by atoms with Gasteiger partial charge in [0.05, 0.1) is 0 Å². The summed E-state index contributed by atoms with van der Waals surface area (Å²) in [6, 6.07) is 6.91. The quantitative estimate of drug-likeness (QED) is 0.870. The third-order valence-corrected chi connectivity index (χ3v) is 4.10. The number of hydrogen-bond acceptors (Lipinski definition) is 3. The Labute approximate surface area is 127 Å². The average Bonchev–Trinajstić information content (AvgIpc) is 2.83. The summed E-state index contributed by atoms with van der Waals surface area (Å²) < 4.78 is 0. The smallest absolute Gasteiger partial charge is 0.0417 e. The van der Waals surface area contributed by atoms with Crippen LogP contribution in [0.5, 0.6) is 0 Å². The Kier molecular flexibility index (Phi) is 5.70. The summed E-state index contributed by atoms with van der Waals surface area (Å²) in [5.41, 5.74) is 2.66. The summed E-state index contributed by atoms with van der Waals surface area (Å²) in [6.07, 6.45) is 2.56. The SMILES string of the molecule is CCNCc1cc(Cl)ccc1N1CCCC1CN(C)C. The zero-order chi connectivity index (χ0) is 14.5. The molecule has 1 aromatic rings. The Morgan fingerprint density at radius 2 is 2.20 bits per heavy atom. The Bertz CT molecular complexity index is 434. The molecule has 0 amide bonds. The summed E-state index contributed by atoms with van der Waals surface area (Å²) in [4.78, 5) is 4.84. The van der Waals surface area contributed by atoms with Crippen LogP contribution in [0.1, 0.15) is 25.3 Å². The third-order valence-electron chi connectivity index (χ3n) is 3.87. The van der Waals surface area contributed by atoms with Crippen molar-refractivity contribution < 1.29 is 0 Å². The van der Waals surface area contributed by atoms with E-state index in [9.17, 15) is 0 Å². The van der Waals surface area contributed by atoms with Crippen LogP contribution in [0.25, 0.3) is 0 Å². The van der Waals surface area contributed by atoms with Crippen molar-refractivity contribution in [2.24, 2.45) is 0 Å². The number of nitrogens with one attached hydrogen (secondary N) is 1. The maximum atomic E-state index is 6.17. The zero-order valence-corrected chi connectivity index (χ0v) is 13.6. The second-order valence-electron chi connectivity index (χ2n) is 5.81. The van der Waals surface area contributed by atoms with Gasteiger partial charge in [-0.05, 0) is 57.2 Å². The molecule has 4 heteroatoms. The fourth-order valence-electron chi connectivity index (χ4n) is 3.00. The molecule has 0 bridgehead atoms. The van der Waals surface area contributed by atoms with Gasteiger partial charge in [0.1, 0.15) is 0 Å². The van der Waals surface area contributed by atoms with Crippen LogP contribution < -0.4 is 10.2 Å². The first-order valence-corrected chi connectivity index (χ1v) is 7.90. The van der Waals surface area contributed by atoms with Gasteiger partial charge in [0.2, 0.25) is 0 Å². The summed E-state index contributed by atoms with van der Waals surface area (Å²) >= 11 is 6.17. The molecule has 1 aliphatic heterocycles. The van der Waals surface area contributed by atoms with Crippen molar-refractivity contribution in [2.45, 2.75) is 32.4 Å². The van der Waals surface area contributed by atoms with E-state index < -0.39 is 0 Å². The summed E-state index contributed by atoms with van der Waals surface area (Å²) in [7, 11) is 4.30. The van der Waals surface area contributed by atoms with Crippen LogP contribution in [-0.2, 0) is 6.54 Å². The second-order valence-corrected chi connectivity index (χ2v) is 6.24. The van der Waals surface area contributed by atoms with Crippen molar-refractivity contribution in [2.75, 3.05) is 38.6 Å². The summed E-state index contributed by atoms with van der Waals surface area (Å²) in [5.74, 6) is 0. The number of nitrogens with zero attached hydrogens (tertiary/aromatic N) is 2. The molecule has 1 unspecified atom stereocenters. The van der Waals surface area contributed by atoms with E-state index in [0.717, 1.165) is 31.2 Å². The maximum absolute atomic E-state index is 6.17. The molecular formula is C16H26ClN3. The molecule has 2 rings (SSSR count). The molecule has 0 aliphatic carbocycles. The molecule has 1 aliphatic rings. The van der Waals surface area contributed by atoms with Crippen LogP contribution in [0.2, 0.25) is 5.02 Å². The van der Waals surface area contributed by atoms with Gasteiger partial charge in [-0.1, -0.05) is 18.5 Å². The first-order chi connectivity index (χ1) is 9.61. The lowest BCUT2D eigenvalue weighted by atomic mass is 10.1. The van der Waals surface area contributed by atoms with Crippen molar-refractivity contribution in [3.05, 3.63) is 28.8 Å². The molecular weight excluding hydrogens is 270 g/mol. The van der Waals surface area contributed by atoms with Crippen molar-refractivity contribution in [1.82, 2.24) is 10.2 Å². The van der Waals surface area contributed by atoms with E-state index in [4.69, 9.17) is 11.6 Å². The molecule has 0 saturated carbocycles. The van der Waals surface area contributed by atoms with E-state index in [1.807, 2.05) is 6.07 Å². The van der Waals surface area contributed by atoms with Crippen LogP contribution in [0, 0.1) is 0 Å². The van der Waals surface area contributed by atoms with Gasteiger partial charge in [-0.15, -0.1) is 0 Å². The number of rotatable bonds is 6. The normalized spacial score (nSPS) is 19.1. The van der Waals surface area contributed by atoms with Gasteiger partial charge in [0.15, 0.2) is 0 Å². The Hall–Kier alpha value is -0.770. The van der Waals surface area contributed by atoms with Crippen molar-refractivity contribution in [3.63, 3.8) is 0 Å². The number of likely N-dealkylation sites (N-methyl/N-ethyl adjacent to an activating group) is 1. The molecule has 1 fully saturated rings. The molecule has 1 aromatic carbocycles. The first kappa shape index (κ1) is 15.6. The van der Waals surface area contributed by atoms with Gasteiger partial charge in [-0.3, -0.25) is 0 Å². The highest BCUT2D eigenvalue weighted by Gasteiger charge is 2.26. The fraction of sp³-hybridized carbons (Fsp3) is 0.625. The van der Waals surface area contributed by atoms with Crippen LogP contribution in [0.15, 0.2) is 18.2 Å². The summed E-state index contributed by atoms with van der Waals surface area (Å²) in [5, 5.41) is 4.24. The number of benzene rings is 1. The van der Waals surface area contributed by atoms with E-state index in [0.29, 0.717) is 6.04 Å². The lowest BCUT2D eigenvalue weighted by molar-refractivity contribution is 0.372. The second kappa shape index (κ2) is 7.30. The molecule has 112 valence electrons. The largest absolute Gasteiger partial charge is 0.367 e. The topological polar surface area (TPSA) is 18.5 Å². The minimum Gasteiger partial charge on any atom is -0.367 e. The Morgan fingerprint density at radius 3 is 2.90 bits per heavy atom. The number of halogens is 1. The van der Waals surface area contributed by atoms with E-state index >= 15 is 0 Å². The monoisotopic (exact) mass is 295 g/mol. The lowest BCUT2D eigenvalue weighted by Gasteiger charge is -2.31. The van der Waals surface area contributed by atoms with Crippen LogP contribution in [0.3, 0.4) is 0 Å². The molecule has 0 spiro atoms. The van der Waals surface area contributed by atoms with Crippen LogP contribution in [-0.4, -0.2) is 44.7 Å². The van der Waals surface area contributed by atoms with Crippen molar-refractivity contribution in [3.8, 4) is 0 Å². The lowest BCUT2D eigenvalue weighted by Crippen LogP contribution is -2.38. The number of hydrogen-bond donors (Lipinski definition) is 1. The minimum absolute atomic E-state index is 0.617. The molecule has 1 saturated heterocycles. The third kappa shape index (κ3) is 3.87. The highest BCUT2D eigenvalue weighted by atomic mass is 35.5. The van der Waals surface area contributed by atoms with E-state index in [1.54, 1.807) is 0 Å². The molecule has 0 aromatic heterocycles. The highest BCUT2D eigenvalue weighted by molar-refractivity contribution is 6.30. The van der Waals surface area contributed by atoms with Crippen molar-refractivity contribution in [1.29, 1.82) is 0 Å². The molecule has 1 heterocycles. The van der Waals surface area contributed by atoms with Gasteiger partial charge < -0.3 is 15.1 Å². The molecule has 1 atom stereocenters. The van der Waals surface area contributed by atoms with Gasteiger partial charge in [-0.25, -0.2) is 0 Å². The van der Waals surface area contributed by atoms with Crippen LogP contribution in [0.4, 0.5) is 5.69 Å². The highest BCUT2D eigenvalue weighted by Crippen LogP contribution is 2.30. The Balaban J connectivity index is 2.21. The average molecular weight is 296 g/mol. The Morgan fingerprint density at radius 1 is 1.40 bits per heavy atom. The predicted molar refractivity (Wildman–Crippen MR) is 87.8 cm³/mol. The van der Waals surface area contributed by atoms with Crippen LogP contribution >= 0.6 is 11.6 Å². The van der Waals surface area contributed by atoms with Crippen molar-refractivity contribution >= 4 is 17.3 Å². The predicted octanol–water partition coefficient (Wildman–Crippen LogP) is 2.98. The van der Waals surface area contributed by atoms with Gasteiger partial charge >= 0.3 is 0 Å². The molecule has 0 radical (unpaired) electrons.